The van der Waals surface area contributed by atoms with Crippen LogP contribution < -0.4 is 0 Å². The summed E-state index contributed by atoms with van der Waals surface area (Å²) in [5.41, 5.74) is 0.180. The zero-order valence-electron chi connectivity index (χ0n) is 7.07. The Kier molecular flexibility index (Phi) is 3.43. The predicted octanol–water partition coefficient (Wildman–Crippen LogP) is 2.42. The fraction of sp³-hybridized carbons (Fsp3) is 0. The first-order chi connectivity index (χ1) is 6.65. The van der Waals surface area contributed by atoms with Crippen molar-refractivity contribution in [3.63, 3.8) is 0 Å². The van der Waals surface area contributed by atoms with Crippen LogP contribution in [-0.4, -0.2) is 10.9 Å². The molecule has 70 valence electrons. The number of aromatic hydroxyl groups is 1. The van der Waals surface area contributed by atoms with Gasteiger partial charge in [-0.2, -0.15) is 5.26 Å². The van der Waals surface area contributed by atoms with E-state index in [9.17, 15) is 9.90 Å². The highest BCUT2D eigenvalue weighted by Gasteiger charge is 2.07. The van der Waals surface area contributed by atoms with Gasteiger partial charge in [0.25, 0.3) is 0 Å². The van der Waals surface area contributed by atoms with Crippen LogP contribution in [0.1, 0.15) is 10.4 Å². The smallest absolute Gasteiger partial charge is 0.190 e. The molecule has 0 fully saturated rings. The number of carbonyl (C=O) groups is 1. The van der Waals surface area contributed by atoms with Gasteiger partial charge in [-0.3, -0.25) is 4.79 Å². The van der Waals surface area contributed by atoms with Gasteiger partial charge in [0.15, 0.2) is 5.78 Å². The minimum absolute atomic E-state index is 0.105. The lowest BCUT2D eigenvalue weighted by atomic mass is 10.1. The molecule has 3 nitrogen and oxygen atoms in total. The number of ketones is 1. The highest BCUT2D eigenvalue weighted by atomic mass is 79.9. The van der Waals surface area contributed by atoms with Gasteiger partial charge in [-0.05, 0) is 24.3 Å². The molecule has 0 heterocycles. The number of nitrogens with zero attached hydrogens (tertiary/aromatic N) is 1. The van der Waals surface area contributed by atoms with Gasteiger partial charge in [-0.1, -0.05) is 15.9 Å². The Hall–Kier alpha value is -1.60. The van der Waals surface area contributed by atoms with Crippen molar-refractivity contribution >= 4 is 21.7 Å². The lowest BCUT2D eigenvalue weighted by Gasteiger charge is -1.99. The first kappa shape index (κ1) is 10.5. The van der Waals surface area contributed by atoms with Crippen molar-refractivity contribution in [2.75, 3.05) is 0 Å². The van der Waals surface area contributed by atoms with Crippen LogP contribution in [0.5, 0.6) is 5.75 Å². The number of rotatable bonds is 2. The molecule has 1 rings (SSSR count). The average Bonchev–Trinajstić information content (AvgIpc) is 2.14. The lowest BCUT2D eigenvalue weighted by molar-refractivity contribution is 0.104. The maximum absolute atomic E-state index is 11.3. The molecular weight excluding hydrogens is 246 g/mol. The molecule has 0 amide bonds. The standard InChI is InChI=1S/C10H6BrNO2/c11-7-3-4-8(10(14)6-7)9(13)2-1-5-12/h1-4,6,14H/b2-1+. The van der Waals surface area contributed by atoms with Crippen molar-refractivity contribution < 1.29 is 9.90 Å². The van der Waals surface area contributed by atoms with E-state index in [0.717, 1.165) is 12.2 Å². The Morgan fingerprint density at radius 1 is 1.57 bits per heavy atom. The van der Waals surface area contributed by atoms with E-state index < -0.39 is 5.78 Å². The van der Waals surface area contributed by atoms with Gasteiger partial charge < -0.3 is 5.11 Å². The fourth-order valence-corrected chi connectivity index (χ4v) is 1.26. The van der Waals surface area contributed by atoms with Crippen molar-refractivity contribution in [1.82, 2.24) is 0 Å². The van der Waals surface area contributed by atoms with Crippen LogP contribution in [0, 0.1) is 11.3 Å². The Morgan fingerprint density at radius 2 is 2.29 bits per heavy atom. The number of phenolic OH excluding ortho intramolecular Hbond substituents is 1. The number of benzene rings is 1. The summed E-state index contributed by atoms with van der Waals surface area (Å²) in [6, 6.07) is 6.27. The Bertz CT molecular complexity index is 432. The van der Waals surface area contributed by atoms with Crippen LogP contribution >= 0.6 is 15.9 Å². The number of allylic oxidation sites excluding steroid dienone is 2. The van der Waals surface area contributed by atoms with E-state index in [2.05, 4.69) is 15.9 Å². The molecule has 0 spiro atoms. The van der Waals surface area contributed by atoms with E-state index in [1.54, 1.807) is 12.1 Å². The summed E-state index contributed by atoms with van der Waals surface area (Å²) in [6.07, 6.45) is 2.19. The number of halogens is 1. The van der Waals surface area contributed by atoms with Gasteiger partial charge in [0.05, 0.1) is 11.6 Å². The molecule has 1 aromatic rings. The van der Waals surface area contributed by atoms with Crippen LogP contribution in [0.3, 0.4) is 0 Å². The molecular formula is C10H6BrNO2. The van der Waals surface area contributed by atoms with Gasteiger partial charge in [-0.25, -0.2) is 0 Å². The molecule has 14 heavy (non-hydrogen) atoms. The second kappa shape index (κ2) is 4.58. The minimum atomic E-state index is -0.392. The van der Waals surface area contributed by atoms with Crippen LogP contribution in [0.4, 0.5) is 0 Å². The highest BCUT2D eigenvalue weighted by molar-refractivity contribution is 9.10. The molecule has 0 saturated heterocycles. The van der Waals surface area contributed by atoms with E-state index in [4.69, 9.17) is 5.26 Å². The van der Waals surface area contributed by atoms with E-state index in [1.807, 2.05) is 0 Å². The zero-order valence-corrected chi connectivity index (χ0v) is 8.65. The molecule has 0 radical (unpaired) electrons. The van der Waals surface area contributed by atoms with Gasteiger partial charge >= 0.3 is 0 Å². The minimum Gasteiger partial charge on any atom is -0.507 e. The van der Waals surface area contributed by atoms with Gasteiger partial charge in [-0.15, -0.1) is 0 Å². The molecule has 1 aromatic carbocycles. The summed E-state index contributed by atoms with van der Waals surface area (Å²) in [4.78, 5) is 11.3. The highest BCUT2D eigenvalue weighted by Crippen LogP contribution is 2.22. The summed E-state index contributed by atoms with van der Waals surface area (Å²) in [7, 11) is 0. The van der Waals surface area contributed by atoms with E-state index >= 15 is 0 Å². The van der Waals surface area contributed by atoms with Gasteiger partial charge in [0.1, 0.15) is 5.75 Å². The van der Waals surface area contributed by atoms with Crippen molar-refractivity contribution in [2.24, 2.45) is 0 Å². The van der Waals surface area contributed by atoms with Crippen LogP contribution in [-0.2, 0) is 0 Å². The van der Waals surface area contributed by atoms with Gasteiger partial charge in [0.2, 0.25) is 0 Å². The maximum Gasteiger partial charge on any atom is 0.190 e. The molecule has 0 atom stereocenters. The molecule has 0 aliphatic carbocycles. The number of hydrogen-bond acceptors (Lipinski definition) is 3. The Labute approximate surface area is 89.4 Å². The SMILES string of the molecule is N#C/C=C/C(=O)c1ccc(Br)cc1O. The summed E-state index contributed by atoms with van der Waals surface area (Å²) < 4.78 is 0.691. The number of hydrogen-bond donors (Lipinski definition) is 1. The van der Waals surface area contributed by atoms with E-state index in [-0.39, 0.29) is 11.3 Å². The molecule has 0 aromatic heterocycles. The quantitative estimate of drug-likeness (QED) is 0.499. The fourth-order valence-electron chi connectivity index (χ4n) is 0.916. The third kappa shape index (κ3) is 2.44. The second-order valence-corrected chi connectivity index (χ2v) is 3.40. The summed E-state index contributed by atoms with van der Waals surface area (Å²) in [5, 5.41) is 17.6. The third-order valence-corrected chi connectivity index (χ3v) is 2.03. The summed E-state index contributed by atoms with van der Waals surface area (Å²) in [5.74, 6) is -0.497. The number of carbonyl (C=O) groups excluding carboxylic acids is 1. The number of nitriles is 1. The van der Waals surface area contributed by atoms with E-state index in [0.29, 0.717) is 4.47 Å². The first-order valence-electron chi connectivity index (χ1n) is 3.74. The molecule has 0 bridgehead atoms. The normalized spacial score (nSPS) is 10.0. The van der Waals surface area contributed by atoms with E-state index in [1.165, 1.54) is 12.1 Å². The van der Waals surface area contributed by atoms with Crippen molar-refractivity contribution in [3.05, 3.63) is 40.4 Å². The lowest BCUT2D eigenvalue weighted by Crippen LogP contribution is -1.94. The summed E-state index contributed by atoms with van der Waals surface area (Å²) in [6.45, 7) is 0. The number of phenols is 1. The van der Waals surface area contributed by atoms with Crippen molar-refractivity contribution in [3.8, 4) is 11.8 Å². The van der Waals surface area contributed by atoms with Gasteiger partial charge in [0, 0.05) is 10.5 Å². The third-order valence-electron chi connectivity index (χ3n) is 1.53. The maximum atomic E-state index is 11.3. The summed E-state index contributed by atoms with van der Waals surface area (Å²) >= 11 is 3.16. The average molecular weight is 252 g/mol. The predicted molar refractivity (Wildman–Crippen MR) is 54.9 cm³/mol. The molecule has 0 aliphatic heterocycles. The topological polar surface area (TPSA) is 61.1 Å². The molecule has 0 unspecified atom stereocenters. The van der Waals surface area contributed by atoms with Crippen molar-refractivity contribution in [2.45, 2.75) is 0 Å². The first-order valence-corrected chi connectivity index (χ1v) is 4.53. The Morgan fingerprint density at radius 3 is 2.86 bits per heavy atom. The molecule has 4 heteroatoms. The monoisotopic (exact) mass is 251 g/mol. The largest absolute Gasteiger partial charge is 0.507 e. The van der Waals surface area contributed by atoms with Crippen LogP contribution in [0.2, 0.25) is 0 Å². The molecule has 1 N–H and O–H groups in total. The molecule has 0 saturated carbocycles. The Balaban J connectivity index is 3.03. The molecule has 0 aliphatic rings. The second-order valence-electron chi connectivity index (χ2n) is 2.49. The zero-order chi connectivity index (χ0) is 10.6. The van der Waals surface area contributed by atoms with Crippen molar-refractivity contribution in [1.29, 1.82) is 5.26 Å². The van der Waals surface area contributed by atoms with Crippen LogP contribution in [0.15, 0.2) is 34.8 Å². The van der Waals surface area contributed by atoms with Crippen LogP contribution in [0.25, 0.3) is 0 Å².